The third-order valence-electron chi connectivity index (χ3n) is 6.58. The minimum atomic E-state index is 0.818. The average molecular weight is 254 g/mol. The van der Waals surface area contributed by atoms with Gasteiger partial charge >= 0.3 is 0 Å². The molecule has 100 valence electrons. The minimum absolute atomic E-state index is 0.818. The van der Waals surface area contributed by atoms with Gasteiger partial charge in [0, 0.05) is 11.1 Å². The van der Waals surface area contributed by atoms with Gasteiger partial charge in [-0.05, 0) is 85.8 Å². The molecule has 19 heavy (non-hydrogen) atoms. The van der Waals surface area contributed by atoms with Crippen LogP contribution in [0.3, 0.4) is 0 Å². The summed E-state index contributed by atoms with van der Waals surface area (Å²) in [6.07, 6.45) is 8.47. The van der Waals surface area contributed by atoms with Crippen LogP contribution in [-0.4, -0.2) is 7.11 Å². The lowest BCUT2D eigenvalue weighted by atomic mass is 9.79. The molecule has 0 aromatic heterocycles. The Balaban J connectivity index is 1.87. The van der Waals surface area contributed by atoms with Crippen LogP contribution >= 0.6 is 0 Å². The van der Waals surface area contributed by atoms with Crippen molar-refractivity contribution < 1.29 is 4.74 Å². The zero-order valence-corrected chi connectivity index (χ0v) is 12.0. The molecule has 4 aliphatic rings. The fourth-order valence-electron chi connectivity index (χ4n) is 6.03. The number of hydrogen-bond donors (Lipinski definition) is 0. The van der Waals surface area contributed by atoms with E-state index in [4.69, 9.17) is 4.74 Å². The van der Waals surface area contributed by atoms with Gasteiger partial charge in [0.05, 0.1) is 7.11 Å². The van der Waals surface area contributed by atoms with Crippen LogP contribution in [0.5, 0.6) is 5.75 Å². The third-order valence-corrected chi connectivity index (χ3v) is 6.58. The monoisotopic (exact) mass is 254 g/mol. The Labute approximate surface area is 115 Å². The van der Waals surface area contributed by atoms with Gasteiger partial charge in [-0.15, -0.1) is 0 Å². The number of hydrogen-bond acceptors (Lipinski definition) is 1. The first-order valence-electron chi connectivity index (χ1n) is 8.03. The van der Waals surface area contributed by atoms with Gasteiger partial charge in [-0.2, -0.15) is 0 Å². The summed E-state index contributed by atoms with van der Waals surface area (Å²) in [5.74, 6) is 4.68. The quantitative estimate of drug-likeness (QED) is 0.703. The van der Waals surface area contributed by atoms with Gasteiger partial charge in [0.25, 0.3) is 0 Å². The number of ether oxygens (including phenoxy) is 1. The van der Waals surface area contributed by atoms with E-state index in [-0.39, 0.29) is 0 Å². The van der Waals surface area contributed by atoms with Gasteiger partial charge in [0.2, 0.25) is 0 Å². The Hall–Kier alpha value is -0.980. The molecule has 0 heterocycles. The summed E-state index contributed by atoms with van der Waals surface area (Å²) >= 11 is 0. The summed E-state index contributed by atoms with van der Waals surface area (Å²) in [6.45, 7) is 2.42. The maximum absolute atomic E-state index is 5.96. The summed E-state index contributed by atoms with van der Waals surface area (Å²) in [5.41, 5.74) is 8.40. The predicted molar refractivity (Wildman–Crippen MR) is 76.4 cm³/mol. The molecule has 0 saturated heterocycles. The second-order valence-electron chi connectivity index (χ2n) is 7.23. The van der Waals surface area contributed by atoms with Crippen molar-refractivity contribution in [3.63, 3.8) is 0 Å². The zero-order valence-electron chi connectivity index (χ0n) is 12.0. The van der Waals surface area contributed by atoms with Gasteiger partial charge in [-0.1, -0.05) is 0 Å². The van der Waals surface area contributed by atoms with Crippen molar-refractivity contribution in [3.8, 4) is 5.75 Å². The van der Waals surface area contributed by atoms with Gasteiger partial charge < -0.3 is 4.74 Å². The summed E-state index contributed by atoms with van der Waals surface area (Å²) in [7, 11) is 1.91. The first kappa shape index (κ1) is 10.8. The van der Waals surface area contributed by atoms with Gasteiger partial charge in [0.1, 0.15) is 5.75 Å². The summed E-state index contributed by atoms with van der Waals surface area (Å²) in [4.78, 5) is 0. The lowest BCUT2D eigenvalue weighted by molar-refractivity contribution is 0.396. The van der Waals surface area contributed by atoms with Crippen LogP contribution in [0, 0.1) is 6.92 Å². The van der Waals surface area contributed by atoms with E-state index >= 15 is 0 Å². The van der Waals surface area contributed by atoms with Crippen molar-refractivity contribution >= 4 is 0 Å². The molecule has 4 bridgehead atoms. The lowest BCUT2D eigenvalue weighted by Crippen LogP contribution is -2.11. The smallest absolute Gasteiger partial charge is 0.126 e. The molecule has 2 fully saturated rings. The summed E-state index contributed by atoms with van der Waals surface area (Å²) < 4.78 is 5.96. The standard InChI is InChI=1S/C18H22O/c1-9-14-10-3-5-12(7-10)16(14)18(19-2)17-13-6-4-11(8-13)15(9)17/h10-13H,3-8H2,1-2H3/t10-,11?,12+,13?/m0/s1. The molecule has 0 amide bonds. The highest BCUT2D eigenvalue weighted by molar-refractivity contribution is 5.65. The van der Waals surface area contributed by atoms with Crippen molar-refractivity contribution in [2.75, 3.05) is 7.11 Å². The molecule has 2 saturated carbocycles. The SMILES string of the molecule is COc1c2c(c(C)c3c1[C@@H]1CC[C@H]3C1)C1CCC2C1. The molecule has 5 rings (SSSR count). The van der Waals surface area contributed by atoms with E-state index in [0.717, 1.165) is 23.7 Å². The Morgan fingerprint density at radius 1 is 0.737 bits per heavy atom. The zero-order chi connectivity index (χ0) is 12.7. The molecule has 1 heteroatoms. The minimum Gasteiger partial charge on any atom is -0.496 e. The van der Waals surface area contributed by atoms with Crippen LogP contribution in [0.4, 0.5) is 0 Å². The van der Waals surface area contributed by atoms with Gasteiger partial charge in [-0.25, -0.2) is 0 Å². The van der Waals surface area contributed by atoms with Crippen molar-refractivity contribution in [1.82, 2.24) is 0 Å². The van der Waals surface area contributed by atoms with E-state index in [1.807, 2.05) is 7.11 Å². The van der Waals surface area contributed by atoms with Crippen LogP contribution in [0.25, 0.3) is 0 Å². The van der Waals surface area contributed by atoms with Crippen molar-refractivity contribution in [3.05, 3.63) is 27.8 Å². The fourth-order valence-corrected chi connectivity index (χ4v) is 6.03. The molecule has 1 nitrogen and oxygen atoms in total. The van der Waals surface area contributed by atoms with Crippen molar-refractivity contribution in [2.24, 2.45) is 0 Å². The molecule has 0 radical (unpaired) electrons. The summed E-state index contributed by atoms with van der Waals surface area (Å²) in [5, 5.41) is 0. The van der Waals surface area contributed by atoms with Crippen LogP contribution in [0.1, 0.15) is 90.0 Å². The highest BCUT2D eigenvalue weighted by atomic mass is 16.5. The molecule has 4 atom stereocenters. The van der Waals surface area contributed by atoms with E-state index in [9.17, 15) is 0 Å². The molecule has 0 spiro atoms. The van der Waals surface area contributed by atoms with Gasteiger partial charge in [-0.3, -0.25) is 0 Å². The maximum Gasteiger partial charge on any atom is 0.126 e. The molecular weight excluding hydrogens is 232 g/mol. The molecule has 0 N–H and O–H groups in total. The van der Waals surface area contributed by atoms with Gasteiger partial charge in [0.15, 0.2) is 0 Å². The highest BCUT2D eigenvalue weighted by Gasteiger charge is 2.47. The lowest BCUT2D eigenvalue weighted by Gasteiger charge is -2.28. The fraction of sp³-hybridized carbons (Fsp3) is 0.667. The van der Waals surface area contributed by atoms with Crippen LogP contribution < -0.4 is 4.74 Å². The van der Waals surface area contributed by atoms with Crippen LogP contribution in [0.15, 0.2) is 0 Å². The van der Waals surface area contributed by atoms with Crippen LogP contribution in [-0.2, 0) is 0 Å². The second-order valence-corrected chi connectivity index (χ2v) is 7.23. The van der Waals surface area contributed by atoms with E-state index < -0.39 is 0 Å². The number of rotatable bonds is 1. The number of fused-ring (bicyclic) bond motifs is 10. The Kier molecular flexibility index (Phi) is 1.91. The van der Waals surface area contributed by atoms with E-state index in [1.54, 1.807) is 27.8 Å². The van der Waals surface area contributed by atoms with Crippen molar-refractivity contribution in [2.45, 2.75) is 69.1 Å². The van der Waals surface area contributed by atoms with E-state index in [2.05, 4.69) is 6.92 Å². The highest BCUT2D eigenvalue weighted by Crippen LogP contribution is 2.64. The first-order chi connectivity index (χ1) is 9.29. The Morgan fingerprint density at radius 3 is 1.58 bits per heavy atom. The molecule has 2 unspecified atom stereocenters. The molecule has 4 aliphatic carbocycles. The first-order valence-corrected chi connectivity index (χ1v) is 8.03. The second kappa shape index (κ2) is 3.37. The summed E-state index contributed by atoms with van der Waals surface area (Å²) in [6, 6.07) is 0. The Bertz CT molecular complexity index is 539. The Morgan fingerprint density at radius 2 is 1.16 bits per heavy atom. The van der Waals surface area contributed by atoms with E-state index in [0.29, 0.717) is 0 Å². The van der Waals surface area contributed by atoms with Crippen molar-refractivity contribution in [1.29, 1.82) is 0 Å². The maximum atomic E-state index is 5.96. The molecular formula is C18H22O. The number of benzene rings is 1. The third kappa shape index (κ3) is 1.10. The van der Waals surface area contributed by atoms with Crippen LogP contribution in [0.2, 0.25) is 0 Å². The normalized spacial score (nSPS) is 36.7. The van der Waals surface area contributed by atoms with E-state index in [1.165, 1.54) is 44.3 Å². The molecule has 1 aromatic carbocycles. The predicted octanol–water partition coefficient (Wildman–Crippen LogP) is 4.73. The molecule has 1 aromatic rings. The average Bonchev–Trinajstić information content (AvgIpc) is 3.18. The largest absolute Gasteiger partial charge is 0.496 e. The topological polar surface area (TPSA) is 9.23 Å². The molecule has 0 aliphatic heterocycles. The number of methoxy groups -OCH3 is 1.